The van der Waals surface area contributed by atoms with Crippen molar-refractivity contribution in [2.45, 2.75) is 92.5 Å². The lowest BCUT2D eigenvalue weighted by molar-refractivity contribution is -0.160. The third kappa shape index (κ3) is 6.92. The van der Waals surface area contributed by atoms with Gasteiger partial charge in [0.1, 0.15) is 11.6 Å². The van der Waals surface area contributed by atoms with E-state index in [1.807, 2.05) is 40.7 Å². The molecule has 0 spiro atoms. The second-order valence-electron chi connectivity index (χ2n) is 14.3. The number of benzene rings is 2. The van der Waals surface area contributed by atoms with E-state index in [1.165, 1.54) is 17.2 Å². The summed E-state index contributed by atoms with van der Waals surface area (Å²) in [6, 6.07) is 11.5. The molecule has 1 saturated heterocycles. The van der Waals surface area contributed by atoms with Crippen molar-refractivity contribution in [3.05, 3.63) is 75.7 Å². The highest BCUT2D eigenvalue weighted by Gasteiger charge is 2.37. The summed E-state index contributed by atoms with van der Waals surface area (Å²) >= 11 is 0. The summed E-state index contributed by atoms with van der Waals surface area (Å²) in [5, 5.41) is 10.4. The minimum Gasteiger partial charge on any atom is -0.479 e. The second kappa shape index (κ2) is 12.1. The van der Waals surface area contributed by atoms with Crippen LogP contribution in [-0.4, -0.2) is 46.2 Å². The fourth-order valence-corrected chi connectivity index (χ4v) is 6.55. The molecule has 5 rings (SSSR count). The highest BCUT2D eigenvalue weighted by Crippen LogP contribution is 2.46. The first kappa shape index (κ1) is 31.9. The lowest BCUT2D eigenvalue weighted by atomic mass is 9.82. The molecule has 7 nitrogen and oxygen atoms in total. The minimum absolute atomic E-state index is 0.205. The molecule has 1 atom stereocenters. The molecule has 3 heterocycles. The average Bonchev–Trinajstić information content (AvgIpc) is 2.92. The lowest BCUT2D eigenvalue weighted by Crippen LogP contribution is -2.39. The van der Waals surface area contributed by atoms with Crippen LogP contribution in [0.5, 0.6) is 0 Å². The molecule has 1 unspecified atom stereocenters. The number of pyridine rings is 1. The number of rotatable bonds is 7. The Morgan fingerprint density at radius 2 is 1.80 bits per heavy atom. The van der Waals surface area contributed by atoms with Gasteiger partial charge in [-0.2, -0.15) is 0 Å². The Kier molecular flexibility index (Phi) is 8.80. The van der Waals surface area contributed by atoms with Gasteiger partial charge in [-0.15, -0.1) is 0 Å². The first-order chi connectivity index (χ1) is 20.6. The highest BCUT2D eigenvalue weighted by atomic mass is 19.1. The van der Waals surface area contributed by atoms with Crippen molar-refractivity contribution >= 4 is 17.5 Å². The Morgan fingerprint density at radius 3 is 2.43 bits per heavy atom. The van der Waals surface area contributed by atoms with Crippen LogP contribution in [0.25, 0.3) is 11.1 Å². The third-order valence-corrected chi connectivity index (χ3v) is 9.10. The number of nitrogens with two attached hydrogens (primary N) is 1. The van der Waals surface area contributed by atoms with Crippen LogP contribution in [0.15, 0.2) is 36.4 Å². The molecule has 2 aliphatic rings. The third-order valence-electron chi connectivity index (χ3n) is 9.10. The van der Waals surface area contributed by atoms with E-state index in [1.54, 1.807) is 6.07 Å². The van der Waals surface area contributed by atoms with Crippen LogP contribution in [0.1, 0.15) is 87.1 Å². The number of ether oxygens (including phenoxy) is 1. The molecule has 3 aromatic rings. The SMILES string of the molecule is Cc1cc(F)ccc1CN1CCc2cc(-c3c(N)nc(C)c(C(OC(C)(C)C)C(=O)O)c3N3CCC(C)(C)CC3)ccc2C1. The van der Waals surface area contributed by atoms with Crippen LogP contribution in [0, 0.1) is 25.1 Å². The van der Waals surface area contributed by atoms with Gasteiger partial charge in [-0.05, 0) is 99.2 Å². The van der Waals surface area contributed by atoms with E-state index in [4.69, 9.17) is 15.5 Å². The van der Waals surface area contributed by atoms with Crippen molar-refractivity contribution in [2.24, 2.45) is 5.41 Å². The summed E-state index contributed by atoms with van der Waals surface area (Å²) < 4.78 is 19.8. The van der Waals surface area contributed by atoms with Crippen molar-refractivity contribution in [2.75, 3.05) is 30.3 Å². The summed E-state index contributed by atoms with van der Waals surface area (Å²) in [7, 11) is 0. The second-order valence-corrected chi connectivity index (χ2v) is 14.3. The molecule has 0 saturated carbocycles. The van der Waals surface area contributed by atoms with Crippen LogP contribution in [0.2, 0.25) is 0 Å². The normalized spacial score (nSPS) is 17.8. The predicted octanol–water partition coefficient (Wildman–Crippen LogP) is 7.21. The number of piperidine rings is 1. The first-order valence-electron chi connectivity index (χ1n) is 15.7. The van der Waals surface area contributed by atoms with Gasteiger partial charge < -0.3 is 20.5 Å². The van der Waals surface area contributed by atoms with Gasteiger partial charge in [0.15, 0.2) is 6.10 Å². The molecular formula is C36H47FN4O3. The van der Waals surface area contributed by atoms with Gasteiger partial charge >= 0.3 is 5.97 Å². The smallest absolute Gasteiger partial charge is 0.337 e. The minimum atomic E-state index is -1.19. The van der Waals surface area contributed by atoms with E-state index in [0.29, 0.717) is 17.1 Å². The Morgan fingerprint density at radius 1 is 1.09 bits per heavy atom. The number of carbonyl (C=O) groups is 1. The average molecular weight is 603 g/mol. The van der Waals surface area contributed by atoms with Gasteiger partial charge in [0.2, 0.25) is 0 Å². The van der Waals surface area contributed by atoms with E-state index >= 15 is 0 Å². The molecule has 44 heavy (non-hydrogen) atoms. The highest BCUT2D eigenvalue weighted by molar-refractivity contribution is 5.92. The maximum atomic E-state index is 13.6. The van der Waals surface area contributed by atoms with Crippen LogP contribution in [0.3, 0.4) is 0 Å². The van der Waals surface area contributed by atoms with E-state index in [-0.39, 0.29) is 11.2 Å². The Bertz CT molecular complexity index is 1550. The molecule has 8 heteroatoms. The number of aromatic nitrogens is 1. The molecule has 2 aromatic carbocycles. The van der Waals surface area contributed by atoms with Gasteiger partial charge in [-0.1, -0.05) is 38.1 Å². The Hall–Kier alpha value is -3.49. The molecular weight excluding hydrogens is 555 g/mol. The number of carboxylic acids is 1. The van der Waals surface area contributed by atoms with Gasteiger partial charge in [-0.3, -0.25) is 4.90 Å². The largest absolute Gasteiger partial charge is 0.479 e. The maximum absolute atomic E-state index is 13.6. The molecule has 236 valence electrons. The zero-order valence-corrected chi connectivity index (χ0v) is 27.3. The molecule has 1 fully saturated rings. The fourth-order valence-electron chi connectivity index (χ4n) is 6.55. The number of hydrogen-bond donors (Lipinski definition) is 2. The predicted molar refractivity (Wildman–Crippen MR) is 174 cm³/mol. The molecule has 0 aliphatic carbocycles. The zero-order chi connectivity index (χ0) is 32.0. The van der Waals surface area contributed by atoms with Crippen LogP contribution < -0.4 is 10.6 Å². The Labute approximate surface area is 261 Å². The summed E-state index contributed by atoms with van der Waals surface area (Å²) in [6.07, 6.45) is 1.65. The van der Waals surface area contributed by atoms with E-state index in [2.05, 4.69) is 41.8 Å². The molecule has 3 N–H and O–H groups in total. The zero-order valence-electron chi connectivity index (χ0n) is 27.3. The van der Waals surface area contributed by atoms with Gasteiger partial charge in [0.25, 0.3) is 0 Å². The molecule has 0 bridgehead atoms. The van der Waals surface area contributed by atoms with Crippen molar-refractivity contribution in [1.82, 2.24) is 9.88 Å². The summed E-state index contributed by atoms with van der Waals surface area (Å²) in [5.41, 5.74) is 14.6. The van der Waals surface area contributed by atoms with E-state index in [0.717, 1.165) is 79.9 Å². The number of hydrogen-bond acceptors (Lipinski definition) is 6. The number of aryl methyl sites for hydroxylation is 2. The molecule has 1 aromatic heterocycles. The number of anilines is 2. The lowest BCUT2D eigenvalue weighted by Gasteiger charge is -2.41. The number of carboxylic acid groups (broad SMARTS) is 1. The monoisotopic (exact) mass is 602 g/mol. The van der Waals surface area contributed by atoms with Crippen molar-refractivity contribution < 1.29 is 19.0 Å². The molecule has 2 aliphatic heterocycles. The Balaban J connectivity index is 1.56. The van der Waals surface area contributed by atoms with Gasteiger partial charge in [0.05, 0.1) is 11.3 Å². The van der Waals surface area contributed by atoms with Gasteiger partial charge in [-0.25, -0.2) is 14.2 Å². The quantitative estimate of drug-likeness (QED) is 0.295. The van der Waals surface area contributed by atoms with E-state index < -0.39 is 17.7 Å². The number of nitrogens with zero attached hydrogens (tertiary/aromatic N) is 3. The number of aliphatic carboxylic acids is 1. The van der Waals surface area contributed by atoms with Crippen molar-refractivity contribution in [3.63, 3.8) is 0 Å². The van der Waals surface area contributed by atoms with E-state index in [9.17, 15) is 14.3 Å². The van der Waals surface area contributed by atoms with Crippen molar-refractivity contribution in [1.29, 1.82) is 0 Å². The molecule has 0 radical (unpaired) electrons. The van der Waals surface area contributed by atoms with Crippen LogP contribution in [0.4, 0.5) is 15.9 Å². The van der Waals surface area contributed by atoms with Crippen LogP contribution >= 0.6 is 0 Å². The first-order valence-corrected chi connectivity index (χ1v) is 15.7. The summed E-state index contributed by atoms with van der Waals surface area (Å²) in [5.74, 6) is -0.848. The fraction of sp³-hybridized carbons (Fsp3) is 0.500. The van der Waals surface area contributed by atoms with Crippen LogP contribution in [-0.2, 0) is 29.0 Å². The number of halogens is 1. The summed E-state index contributed by atoms with van der Waals surface area (Å²) in [4.78, 5) is 22.2. The molecule has 0 amide bonds. The number of nitrogen functional groups attached to an aromatic ring is 1. The van der Waals surface area contributed by atoms with Gasteiger partial charge in [0, 0.05) is 49.5 Å². The summed E-state index contributed by atoms with van der Waals surface area (Å²) in [6.45, 7) is 18.0. The maximum Gasteiger partial charge on any atom is 0.337 e. The van der Waals surface area contributed by atoms with Crippen molar-refractivity contribution in [3.8, 4) is 11.1 Å². The standard InChI is InChI=1S/C36H47FN4O3/c1-22-18-28(37)11-10-26(22)20-40-15-12-24-19-25(8-9-27(24)21-40)30-31(41-16-13-36(6,7)14-17-41)29(23(2)39-33(30)38)32(34(42)43)44-35(3,4)5/h8-11,18-19,32H,12-17,20-21H2,1-7H3,(H2,38,39)(H,42,43). The number of fused-ring (bicyclic) bond motifs is 1. The topological polar surface area (TPSA) is 91.9 Å².